The Balaban J connectivity index is 1.82. The van der Waals surface area contributed by atoms with E-state index in [9.17, 15) is 0 Å². The number of rotatable bonds is 7. The molecule has 2 heterocycles. The van der Waals surface area contributed by atoms with Crippen LogP contribution in [0.2, 0.25) is 0 Å². The number of likely N-dealkylation sites (tertiary alicyclic amines) is 2. The molecule has 1 atom stereocenters. The molecule has 0 amide bonds. The van der Waals surface area contributed by atoms with E-state index in [4.69, 9.17) is 4.99 Å². The summed E-state index contributed by atoms with van der Waals surface area (Å²) >= 11 is 0. The fourth-order valence-electron chi connectivity index (χ4n) is 4.01. The lowest BCUT2D eigenvalue weighted by atomic mass is 10.0. The van der Waals surface area contributed by atoms with Crippen LogP contribution in [0.5, 0.6) is 0 Å². The van der Waals surface area contributed by atoms with Crippen molar-refractivity contribution in [2.45, 2.75) is 71.4 Å². The van der Waals surface area contributed by atoms with Crippen molar-refractivity contribution in [3.63, 3.8) is 0 Å². The largest absolute Gasteiger partial charge is 0.357 e. The summed E-state index contributed by atoms with van der Waals surface area (Å²) in [5.41, 5.74) is 0. The summed E-state index contributed by atoms with van der Waals surface area (Å²) in [6.45, 7) is 14.6. The van der Waals surface area contributed by atoms with Crippen LogP contribution in [0.25, 0.3) is 0 Å². The molecule has 1 unspecified atom stereocenters. The van der Waals surface area contributed by atoms with Crippen LogP contribution in [0.4, 0.5) is 0 Å². The predicted octanol–water partition coefficient (Wildman–Crippen LogP) is 2.29. The highest BCUT2D eigenvalue weighted by Crippen LogP contribution is 2.16. The number of likely N-dealkylation sites (N-methyl/N-ethyl adjacent to an activating group) is 1. The molecule has 2 rings (SSSR count). The lowest BCUT2D eigenvalue weighted by molar-refractivity contribution is 0.161. The SMILES string of the molecule is CCCN1CCC(NC(=NCC2CCCCN2CC)NCC)CC1. The van der Waals surface area contributed by atoms with Gasteiger partial charge in [-0.1, -0.05) is 20.3 Å². The highest BCUT2D eigenvalue weighted by molar-refractivity contribution is 5.80. The Labute approximate surface area is 149 Å². The topological polar surface area (TPSA) is 42.9 Å². The Kier molecular flexibility index (Phi) is 8.89. The molecule has 0 bridgehead atoms. The third-order valence-electron chi connectivity index (χ3n) is 5.43. The standard InChI is InChI=1S/C19H39N5/c1-4-12-23-14-10-17(11-15-23)22-19(20-5-2)21-16-18-9-7-8-13-24(18)6-3/h17-18H,4-16H2,1-3H3,(H2,20,21,22). The van der Waals surface area contributed by atoms with Crippen molar-refractivity contribution < 1.29 is 0 Å². The number of guanidine groups is 1. The first-order chi connectivity index (χ1) is 11.8. The minimum atomic E-state index is 0.574. The Hall–Kier alpha value is -0.810. The molecule has 2 aliphatic heterocycles. The maximum atomic E-state index is 4.92. The van der Waals surface area contributed by atoms with Crippen LogP contribution >= 0.6 is 0 Å². The van der Waals surface area contributed by atoms with Crippen LogP contribution in [-0.4, -0.2) is 73.7 Å². The number of aliphatic imine (C=N–C) groups is 1. The second-order valence-electron chi connectivity index (χ2n) is 7.26. The van der Waals surface area contributed by atoms with Crippen LogP contribution < -0.4 is 10.6 Å². The maximum absolute atomic E-state index is 4.92. The summed E-state index contributed by atoms with van der Waals surface area (Å²) in [6, 6.07) is 1.20. The van der Waals surface area contributed by atoms with E-state index >= 15 is 0 Å². The van der Waals surface area contributed by atoms with Gasteiger partial charge in [-0.2, -0.15) is 0 Å². The molecule has 0 spiro atoms. The second kappa shape index (κ2) is 10.9. The van der Waals surface area contributed by atoms with Gasteiger partial charge in [0.05, 0.1) is 6.54 Å². The van der Waals surface area contributed by atoms with E-state index in [0.29, 0.717) is 12.1 Å². The summed E-state index contributed by atoms with van der Waals surface area (Å²) in [7, 11) is 0. The van der Waals surface area contributed by atoms with Crippen LogP contribution in [0.1, 0.15) is 59.3 Å². The number of piperidine rings is 2. The average molecular weight is 338 g/mol. The summed E-state index contributed by atoms with van der Waals surface area (Å²) in [4.78, 5) is 10.1. The average Bonchev–Trinajstić information content (AvgIpc) is 2.62. The highest BCUT2D eigenvalue weighted by atomic mass is 15.2. The predicted molar refractivity (Wildman–Crippen MR) is 104 cm³/mol. The molecule has 140 valence electrons. The third-order valence-corrected chi connectivity index (χ3v) is 5.43. The summed E-state index contributed by atoms with van der Waals surface area (Å²) < 4.78 is 0. The van der Waals surface area contributed by atoms with Gasteiger partial charge in [-0.15, -0.1) is 0 Å². The molecule has 5 nitrogen and oxygen atoms in total. The van der Waals surface area contributed by atoms with Gasteiger partial charge in [0, 0.05) is 31.7 Å². The Morgan fingerprint density at radius 3 is 2.50 bits per heavy atom. The van der Waals surface area contributed by atoms with Crippen LogP contribution in [0.15, 0.2) is 4.99 Å². The van der Waals surface area contributed by atoms with Crippen molar-refractivity contribution in [2.75, 3.05) is 45.8 Å². The first kappa shape index (κ1) is 19.5. The zero-order valence-corrected chi connectivity index (χ0v) is 16.2. The summed E-state index contributed by atoms with van der Waals surface area (Å²) in [5, 5.41) is 7.13. The molecule has 2 saturated heterocycles. The van der Waals surface area contributed by atoms with Crippen LogP contribution in [0.3, 0.4) is 0 Å². The van der Waals surface area contributed by atoms with Gasteiger partial charge in [0.2, 0.25) is 0 Å². The van der Waals surface area contributed by atoms with Gasteiger partial charge in [-0.25, -0.2) is 0 Å². The molecular formula is C19H39N5. The molecule has 0 aromatic heterocycles. The first-order valence-corrected chi connectivity index (χ1v) is 10.3. The van der Waals surface area contributed by atoms with Gasteiger partial charge in [0.1, 0.15) is 0 Å². The van der Waals surface area contributed by atoms with Crippen LogP contribution in [0, 0.1) is 0 Å². The van der Waals surface area contributed by atoms with Gasteiger partial charge in [0.25, 0.3) is 0 Å². The van der Waals surface area contributed by atoms with E-state index in [0.717, 1.165) is 25.6 Å². The molecule has 0 radical (unpaired) electrons. The minimum absolute atomic E-state index is 0.574. The number of nitrogens with zero attached hydrogens (tertiary/aromatic N) is 3. The summed E-state index contributed by atoms with van der Waals surface area (Å²) in [5.74, 6) is 1.02. The highest BCUT2D eigenvalue weighted by Gasteiger charge is 2.22. The molecule has 0 aromatic carbocycles. The molecule has 5 heteroatoms. The lowest BCUT2D eigenvalue weighted by Crippen LogP contribution is -2.49. The number of hydrogen-bond donors (Lipinski definition) is 2. The molecule has 2 N–H and O–H groups in total. The summed E-state index contributed by atoms with van der Waals surface area (Å²) in [6.07, 6.45) is 7.73. The first-order valence-electron chi connectivity index (χ1n) is 10.3. The maximum Gasteiger partial charge on any atom is 0.191 e. The van der Waals surface area contributed by atoms with E-state index < -0.39 is 0 Å². The normalized spacial score (nSPS) is 25.0. The third kappa shape index (κ3) is 6.25. The van der Waals surface area contributed by atoms with Gasteiger partial charge in [-0.05, 0) is 58.7 Å². The van der Waals surface area contributed by atoms with E-state index in [-0.39, 0.29) is 0 Å². The van der Waals surface area contributed by atoms with Gasteiger partial charge < -0.3 is 15.5 Å². The second-order valence-corrected chi connectivity index (χ2v) is 7.26. The van der Waals surface area contributed by atoms with E-state index in [1.54, 1.807) is 0 Å². The zero-order chi connectivity index (χ0) is 17.2. The smallest absolute Gasteiger partial charge is 0.191 e. The zero-order valence-electron chi connectivity index (χ0n) is 16.2. The van der Waals surface area contributed by atoms with E-state index in [1.165, 1.54) is 64.7 Å². The van der Waals surface area contributed by atoms with Crippen molar-refractivity contribution in [1.82, 2.24) is 20.4 Å². The van der Waals surface area contributed by atoms with Gasteiger partial charge >= 0.3 is 0 Å². The van der Waals surface area contributed by atoms with Crippen LogP contribution in [-0.2, 0) is 0 Å². The molecule has 24 heavy (non-hydrogen) atoms. The Morgan fingerprint density at radius 1 is 1.04 bits per heavy atom. The number of nitrogens with one attached hydrogen (secondary N) is 2. The molecule has 0 aromatic rings. The molecular weight excluding hydrogens is 298 g/mol. The van der Waals surface area contributed by atoms with Gasteiger partial charge in [-0.3, -0.25) is 9.89 Å². The molecule has 2 aliphatic rings. The molecule has 0 saturated carbocycles. The van der Waals surface area contributed by atoms with Crippen molar-refractivity contribution in [3.8, 4) is 0 Å². The van der Waals surface area contributed by atoms with E-state index in [1.807, 2.05) is 0 Å². The lowest BCUT2D eigenvalue weighted by Gasteiger charge is -2.34. The number of hydrogen-bond acceptors (Lipinski definition) is 3. The fraction of sp³-hybridized carbons (Fsp3) is 0.947. The monoisotopic (exact) mass is 337 g/mol. The Bertz CT molecular complexity index is 363. The van der Waals surface area contributed by atoms with Crippen molar-refractivity contribution in [3.05, 3.63) is 0 Å². The van der Waals surface area contributed by atoms with E-state index in [2.05, 4.69) is 41.2 Å². The molecule has 2 fully saturated rings. The quantitative estimate of drug-likeness (QED) is 0.553. The van der Waals surface area contributed by atoms with Crippen molar-refractivity contribution >= 4 is 5.96 Å². The van der Waals surface area contributed by atoms with Gasteiger partial charge in [0.15, 0.2) is 5.96 Å². The fourth-order valence-corrected chi connectivity index (χ4v) is 4.01. The van der Waals surface area contributed by atoms with Crippen molar-refractivity contribution in [1.29, 1.82) is 0 Å². The molecule has 0 aliphatic carbocycles. The minimum Gasteiger partial charge on any atom is -0.357 e. The van der Waals surface area contributed by atoms with Crippen molar-refractivity contribution in [2.24, 2.45) is 4.99 Å². The Morgan fingerprint density at radius 2 is 1.83 bits per heavy atom.